The lowest BCUT2D eigenvalue weighted by atomic mass is 10.2. The van der Waals surface area contributed by atoms with Crippen molar-refractivity contribution in [2.75, 3.05) is 26.2 Å². The molecule has 0 spiro atoms. The Kier molecular flexibility index (Phi) is 6.12. The van der Waals surface area contributed by atoms with Crippen molar-refractivity contribution in [2.24, 2.45) is 0 Å². The number of hydrogen-bond donors (Lipinski definition) is 0. The van der Waals surface area contributed by atoms with E-state index in [9.17, 15) is 18.0 Å². The molecule has 2 aromatic heterocycles. The van der Waals surface area contributed by atoms with E-state index in [2.05, 4.69) is 0 Å². The first-order valence-electron chi connectivity index (χ1n) is 11.0. The predicted octanol–water partition coefficient (Wildman–Crippen LogP) is 3.71. The number of sulfone groups is 1. The van der Waals surface area contributed by atoms with Gasteiger partial charge >= 0.3 is 0 Å². The smallest absolute Gasteiger partial charge is 0.289 e. The van der Waals surface area contributed by atoms with Crippen molar-refractivity contribution in [1.29, 1.82) is 0 Å². The lowest BCUT2D eigenvalue weighted by Crippen LogP contribution is -2.51. The molecular formula is C25H22ClN3O5S. The van der Waals surface area contributed by atoms with Gasteiger partial charge in [0.25, 0.3) is 5.91 Å². The topological polar surface area (TPSA) is 92.8 Å². The molecule has 0 saturated carbocycles. The molecule has 1 fully saturated rings. The molecule has 5 rings (SSSR count). The third-order valence-electron chi connectivity index (χ3n) is 6.12. The fourth-order valence-electron chi connectivity index (χ4n) is 4.26. The lowest BCUT2D eigenvalue weighted by Gasteiger charge is -2.34. The van der Waals surface area contributed by atoms with Crippen LogP contribution in [-0.2, 0) is 21.2 Å². The zero-order valence-electron chi connectivity index (χ0n) is 18.6. The molecule has 0 N–H and O–H groups in total. The monoisotopic (exact) mass is 511 g/mol. The van der Waals surface area contributed by atoms with E-state index < -0.39 is 9.84 Å². The highest BCUT2D eigenvalue weighted by Crippen LogP contribution is 2.31. The van der Waals surface area contributed by atoms with Crippen molar-refractivity contribution in [3.63, 3.8) is 0 Å². The maximum Gasteiger partial charge on any atom is 0.289 e. The molecule has 0 unspecified atom stereocenters. The van der Waals surface area contributed by atoms with Crippen LogP contribution >= 0.6 is 11.6 Å². The van der Waals surface area contributed by atoms with Crippen LogP contribution in [0, 0.1) is 0 Å². The van der Waals surface area contributed by atoms with Crippen LogP contribution in [0.5, 0.6) is 0 Å². The number of para-hydroxylation sites is 1. The van der Waals surface area contributed by atoms with Gasteiger partial charge in [0, 0.05) is 48.3 Å². The van der Waals surface area contributed by atoms with Gasteiger partial charge in [-0.1, -0.05) is 29.8 Å². The quantitative estimate of drug-likeness (QED) is 0.407. The van der Waals surface area contributed by atoms with E-state index in [0.29, 0.717) is 42.1 Å². The number of furan rings is 1. The van der Waals surface area contributed by atoms with Crippen LogP contribution in [0.15, 0.2) is 87.3 Å². The zero-order chi connectivity index (χ0) is 24.6. The number of halogens is 1. The summed E-state index contributed by atoms with van der Waals surface area (Å²) in [6.45, 7) is 1.56. The van der Waals surface area contributed by atoms with Crippen molar-refractivity contribution < 1.29 is 22.4 Å². The summed E-state index contributed by atoms with van der Waals surface area (Å²) in [6, 6.07) is 16.4. The first kappa shape index (κ1) is 23.2. The minimum absolute atomic E-state index is 0.0111. The van der Waals surface area contributed by atoms with Crippen LogP contribution in [0.25, 0.3) is 10.9 Å². The Labute approximate surface area is 207 Å². The number of piperazine rings is 1. The molecule has 2 aromatic carbocycles. The Morgan fingerprint density at radius 3 is 2.26 bits per heavy atom. The Morgan fingerprint density at radius 1 is 0.886 bits per heavy atom. The van der Waals surface area contributed by atoms with Gasteiger partial charge in [0.05, 0.1) is 16.1 Å². The van der Waals surface area contributed by atoms with Crippen molar-refractivity contribution in [3.8, 4) is 0 Å². The first-order chi connectivity index (χ1) is 16.8. The molecule has 8 nitrogen and oxygen atoms in total. The van der Waals surface area contributed by atoms with Crippen LogP contribution in [0.1, 0.15) is 10.6 Å². The van der Waals surface area contributed by atoms with E-state index in [0.717, 1.165) is 0 Å². The summed E-state index contributed by atoms with van der Waals surface area (Å²) < 4.78 is 33.6. The van der Waals surface area contributed by atoms with Gasteiger partial charge in [-0.05, 0) is 42.5 Å². The van der Waals surface area contributed by atoms with Crippen molar-refractivity contribution in [1.82, 2.24) is 14.4 Å². The highest BCUT2D eigenvalue weighted by Gasteiger charge is 2.28. The van der Waals surface area contributed by atoms with E-state index in [1.807, 2.05) is 0 Å². The minimum Gasteiger partial charge on any atom is -0.459 e. The second-order valence-corrected chi connectivity index (χ2v) is 10.6. The third kappa shape index (κ3) is 4.44. The van der Waals surface area contributed by atoms with E-state index in [1.54, 1.807) is 50.8 Å². The van der Waals surface area contributed by atoms with Gasteiger partial charge in [-0.2, -0.15) is 0 Å². The third-order valence-corrected chi connectivity index (χ3v) is 8.17. The van der Waals surface area contributed by atoms with Gasteiger partial charge in [-0.15, -0.1) is 0 Å². The molecule has 35 heavy (non-hydrogen) atoms. The Hall–Kier alpha value is -3.56. The molecule has 3 heterocycles. The Balaban J connectivity index is 1.35. The van der Waals surface area contributed by atoms with Gasteiger partial charge in [0.15, 0.2) is 5.76 Å². The van der Waals surface area contributed by atoms with E-state index >= 15 is 0 Å². The Bertz CT molecular complexity index is 1490. The van der Waals surface area contributed by atoms with Crippen LogP contribution in [0.4, 0.5) is 0 Å². The molecule has 0 aliphatic carbocycles. The number of carbonyl (C=O) groups excluding carboxylic acids is 2. The minimum atomic E-state index is -3.82. The molecule has 1 aliphatic rings. The molecule has 1 saturated heterocycles. The standard InChI is InChI=1S/C25H22ClN3O5S/c26-18-7-9-19(10-8-18)35(32,33)23-16-29(21-5-2-1-4-20(21)23)17-24(30)27-11-13-28(14-12-27)25(31)22-6-3-15-34-22/h1-10,15-16H,11-14,17H2. The van der Waals surface area contributed by atoms with Crippen molar-refractivity contribution in [3.05, 3.63) is 83.9 Å². The summed E-state index contributed by atoms with van der Waals surface area (Å²) >= 11 is 5.92. The number of benzene rings is 2. The van der Waals surface area contributed by atoms with E-state index in [1.165, 1.54) is 36.7 Å². The van der Waals surface area contributed by atoms with Crippen molar-refractivity contribution >= 4 is 44.2 Å². The second-order valence-electron chi connectivity index (χ2n) is 8.25. The summed E-state index contributed by atoms with van der Waals surface area (Å²) in [4.78, 5) is 29.2. The molecule has 1 aliphatic heterocycles. The summed E-state index contributed by atoms with van der Waals surface area (Å²) in [5.41, 5.74) is 0.653. The number of rotatable bonds is 5. The number of amides is 2. The summed E-state index contributed by atoms with van der Waals surface area (Å²) in [6.07, 6.45) is 2.97. The average molecular weight is 512 g/mol. The van der Waals surface area contributed by atoms with Gasteiger partial charge in [-0.3, -0.25) is 9.59 Å². The maximum atomic E-state index is 13.4. The van der Waals surface area contributed by atoms with Crippen molar-refractivity contribution in [2.45, 2.75) is 16.3 Å². The number of fused-ring (bicyclic) bond motifs is 1. The lowest BCUT2D eigenvalue weighted by molar-refractivity contribution is -0.133. The molecular weight excluding hydrogens is 490 g/mol. The fraction of sp³-hybridized carbons (Fsp3) is 0.200. The second kappa shape index (κ2) is 9.24. The Morgan fingerprint density at radius 2 is 1.57 bits per heavy atom. The molecule has 0 bridgehead atoms. The van der Waals surface area contributed by atoms with Gasteiger partial charge in [0.1, 0.15) is 6.54 Å². The SMILES string of the molecule is O=C(Cn1cc(S(=O)(=O)c2ccc(Cl)cc2)c2ccccc21)N1CCN(C(=O)c2ccco2)CC1. The van der Waals surface area contributed by atoms with Crippen LogP contribution in [0.2, 0.25) is 5.02 Å². The van der Waals surface area contributed by atoms with Crippen LogP contribution in [0.3, 0.4) is 0 Å². The first-order valence-corrected chi connectivity index (χ1v) is 12.9. The molecule has 10 heteroatoms. The number of aromatic nitrogens is 1. The number of hydrogen-bond acceptors (Lipinski definition) is 5. The largest absolute Gasteiger partial charge is 0.459 e. The predicted molar refractivity (Wildman–Crippen MR) is 130 cm³/mol. The highest BCUT2D eigenvalue weighted by molar-refractivity contribution is 7.91. The molecule has 2 amide bonds. The average Bonchev–Trinajstić information content (AvgIpc) is 3.53. The van der Waals surface area contributed by atoms with Crippen LogP contribution in [-0.4, -0.2) is 60.8 Å². The van der Waals surface area contributed by atoms with Gasteiger partial charge < -0.3 is 18.8 Å². The highest BCUT2D eigenvalue weighted by atomic mass is 35.5. The fourth-order valence-corrected chi connectivity index (χ4v) is 5.86. The van der Waals surface area contributed by atoms with Gasteiger partial charge in [0.2, 0.25) is 15.7 Å². The number of nitrogens with zero attached hydrogens (tertiary/aromatic N) is 3. The number of carbonyl (C=O) groups is 2. The summed E-state index contributed by atoms with van der Waals surface area (Å²) in [5.74, 6) is -0.0696. The normalized spacial score (nSPS) is 14.4. The zero-order valence-corrected chi connectivity index (χ0v) is 20.2. The summed E-state index contributed by atoms with van der Waals surface area (Å²) in [5, 5.41) is 0.993. The van der Waals surface area contributed by atoms with E-state index in [4.69, 9.17) is 16.0 Å². The maximum absolute atomic E-state index is 13.4. The molecule has 0 atom stereocenters. The molecule has 0 radical (unpaired) electrons. The molecule has 180 valence electrons. The van der Waals surface area contributed by atoms with Gasteiger partial charge in [-0.25, -0.2) is 8.42 Å². The van der Waals surface area contributed by atoms with Crippen LogP contribution < -0.4 is 0 Å². The summed E-state index contributed by atoms with van der Waals surface area (Å²) in [7, 11) is -3.82. The molecule has 4 aromatic rings. The van der Waals surface area contributed by atoms with E-state index in [-0.39, 0.29) is 33.9 Å².